The van der Waals surface area contributed by atoms with Crippen LogP contribution in [0.3, 0.4) is 0 Å². The van der Waals surface area contributed by atoms with Crippen molar-refractivity contribution in [1.82, 2.24) is 10.3 Å². The van der Waals surface area contributed by atoms with Gasteiger partial charge in [-0.2, -0.15) is 0 Å². The first-order valence-corrected chi connectivity index (χ1v) is 8.20. The van der Waals surface area contributed by atoms with E-state index in [0.717, 1.165) is 36.0 Å². The number of nitrogens with zero attached hydrogens (tertiary/aromatic N) is 1. The zero-order valence-corrected chi connectivity index (χ0v) is 13.4. The van der Waals surface area contributed by atoms with Crippen molar-refractivity contribution in [3.05, 3.63) is 54.4 Å². The molecule has 3 unspecified atom stereocenters. The van der Waals surface area contributed by atoms with E-state index in [2.05, 4.69) is 34.6 Å². The Morgan fingerprint density at radius 3 is 2.61 bits per heavy atom. The lowest BCUT2D eigenvalue weighted by Gasteiger charge is -2.18. The first kappa shape index (κ1) is 15.7. The van der Waals surface area contributed by atoms with Gasteiger partial charge in [-0.15, -0.1) is 0 Å². The van der Waals surface area contributed by atoms with Crippen molar-refractivity contribution in [3.63, 3.8) is 0 Å². The lowest BCUT2D eigenvalue weighted by atomic mass is 10.0. The number of hydrogen-bond acceptors (Lipinski definition) is 3. The molecule has 1 aliphatic carbocycles. The number of carbonyl (C=O) groups is 1. The molecule has 2 aromatic rings. The molecule has 4 nitrogen and oxygen atoms in total. The molecular weight excluding hydrogens is 286 g/mol. The summed E-state index contributed by atoms with van der Waals surface area (Å²) in [5.41, 5.74) is 9.22. The second kappa shape index (κ2) is 6.92. The molecule has 1 aromatic carbocycles. The molecule has 23 heavy (non-hydrogen) atoms. The van der Waals surface area contributed by atoms with E-state index in [-0.39, 0.29) is 23.9 Å². The summed E-state index contributed by atoms with van der Waals surface area (Å²) in [6.45, 7) is 2.02. The molecule has 1 heterocycles. The van der Waals surface area contributed by atoms with Gasteiger partial charge in [-0.1, -0.05) is 30.3 Å². The maximum Gasteiger partial charge on any atom is 0.223 e. The SMILES string of the molecule is CC(NC(=O)C1CCC(N)C1)c1ccc(-c2cccnc2)cc1. The molecule has 1 aromatic heterocycles. The van der Waals surface area contributed by atoms with Crippen LogP contribution in [0, 0.1) is 5.92 Å². The number of aromatic nitrogens is 1. The summed E-state index contributed by atoms with van der Waals surface area (Å²) >= 11 is 0. The standard InChI is InChI=1S/C19H23N3O/c1-13(22-19(23)16-8-9-18(20)11-16)14-4-6-15(7-5-14)17-3-2-10-21-12-17/h2-7,10,12-13,16,18H,8-9,11,20H2,1H3,(H,22,23). The Labute approximate surface area is 137 Å². The molecule has 1 fully saturated rings. The Hall–Kier alpha value is -2.20. The molecule has 3 N–H and O–H groups in total. The van der Waals surface area contributed by atoms with E-state index < -0.39 is 0 Å². The number of carbonyl (C=O) groups excluding carboxylic acids is 1. The molecule has 0 aliphatic heterocycles. The summed E-state index contributed by atoms with van der Waals surface area (Å²) in [5, 5.41) is 3.11. The highest BCUT2D eigenvalue weighted by Gasteiger charge is 2.28. The van der Waals surface area contributed by atoms with Crippen molar-refractivity contribution >= 4 is 5.91 Å². The predicted molar refractivity (Wildman–Crippen MR) is 91.5 cm³/mol. The topological polar surface area (TPSA) is 68.0 Å². The van der Waals surface area contributed by atoms with E-state index in [1.165, 1.54) is 0 Å². The van der Waals surface area contributed by atoms with E-state index in [1.807, 2.05) is 25.3 Å². The van der Waals surface area contributed by atoms with Crippen molar-refractivity contribution in [3.8, 4) is 11.1 Å². The van der Waals surface area contributed by atoms with Crippen LogP contribution >= 0.6 is 0 Å². The average Bonchev–Trinajstić information content (AvgIpc) is 3.02. The van der Waals surface area contributed by atoms with Crippen molar-refractivity contribution in [2.45, 2.75) is 38.3 Å². The first-order valence-electron chi connectivity index (χ1n) is 8.20. The quantitative estimate of drug-likeness (QED) is 0.912. The third-order valence-corrected chi connectivity index (χ3v) is 4.61. The Balaban J connectivity index is 1.64. The number of amides is 1. The molecule has 0 radical (unpaired) electrons. The molecule has 1 amide bonds. The van der Waals surface area contributed by atoms with Crippen LogP contribution in [0.4, 0.5) is 0 Å². The molecule has 1 aliphatic rings. The summed E-state index contributed by atoms with van der Waals surface area (Å²) in [7, 11) is 0. The minimum Gasteiger partial charge on any atom is -0.349 e. The average molecular weight is 309 g/mol. The largest absolute Gasteiger partial charge is 0.349 e. The molecule has 0 saturated heterocycles. The number of pyridine rings is 1. The van der Waals surface area contributed by atoms with E-state index in [4.69, 9.17) is 5.73 Å². The number of rotatable bonds is 4. The molecule has 4 heteroatoms. The number of hydrogen-bond donors (Lipinski definition) is 2. The second-order valence-corrected chi connectivity index (χ2v) is 6.36. The van der Waals surface area contributed by atoms with E-state index >= 15 is 0 Å². The highest BCUT2D eigenvalue weighted by molar-refractivity contribution is 5.79. The van der Waals surface area contributed by atoms with Gasteiger partial charge in [0.05, 0.1) is 6.04 Å². The van der Waals surface area contributed by atoms with Gasteiger partial charge in [-0.05, 0) is 48.9 Å². The smallest absolute Gasteiger partial charge is 0.223 e. The Morgan fingerprint density at radius 2 is 2.00 bits per heavy atom. The fourth-order valence-electron chi connectivity index (χ4n) is 3.17. The molecule has 3 atom stereocenters. The van der Waals surface area contributed by atoms with Crippen molar-refractivity contribution in [2.75, 3.05) is 0 Å². The van der Waals surface area contributed by atoms with Gasteiger partial charge < -0.3 is 11.1 Å². The van der Waals surface area contributed by atoms with E-state index in [0.29, 0.717) is 0 Å². The maximum atomic E-state index is 12.3. The third-order valence-electron chi connectivity index (χ3n) is 4.61. The van der Waals surface area contributed by atoms with Crippen LogP contribution in [-0.2, 0) is 4.79 Å². The van der Waals surface area contributed by atoms with Gasteiger partial charge in [0, 0.05) is 24.4 Å². The van der Waals surface area contributed by atoms with Crippen LogP contribution in [0.15, 0.2) is 48.8 Å². The van der Waals surface area contributed by atoms with E-state index in [9.17, 15) is 4.79 Å². The zero-order valence-electron chi connectivity index (χ0n) is 13.4. The predicted octanol–water partition coefficient (Wildman–Crippen LogP) is 3.05. The van der Waals surface area contributed by atoms with Crippen LogP contribution in [0.25, 0.3) is 11.1 Å². The lowest BCUT2D eigenvalue weighted by Crippen LogP contribution is -2.32. The molecule has 1 saturated carbocycles. The summed E-state index contributed by atoms with van der Waals surface area (Å²) in [6.07, 6.45) is 6.28. The van der Waals surface area contributed by atoms with Gasteiger partial charge >= 0.3 is 0 Å². The lowest BCUT2D eigenvalue weighted by molar-refractivity contribution is -0.125. The fourth-order valence-corrected chi connectivity index (χ4v) is 3.17. The van der Waals surface area contributed by atoms with Gasteiger partial charge in [0.2, 0.25) is 5.91 Å². The van der Waals surface area contributed by atoms with Gasteiger partial charge in [0.1, 0.15) is 0 Å². The second-order valence-electron chi connectivity index (χ2n) is 6.36. The number of nitrogens with two attached hydrogens (primary N) is 1. The molecular formula is C19H23N3O. The zero-order chi connectivity index (χ0) is 16.2. The summed E-state index contributed by atoms with van der Waals surface area (Å²) in [5.74, 6) is 0.198. The molecule has 3 rings (SSSR count). The monoisotopic (exact) mass is 309 g/mol. The van der Waals surface area contributed by atoms with Crippen molar-refractivity contribution < 1.29 is 4.79 Å². The Bertz CT molecular complexity index is 654. The fraction of sp³-hybridized carbons (Fsp3) is 0.368. The first-order chi connectivity index (χ1) is 11.1. The normalized spacial score (nSPS) is 21.8. The Morgan fingerprint density at radius 1 is 1.22 bits per heavy atom. The minimum atomic E-state index is 0.00210. The van der Waals surface area contributed by atoms with Crippen LogP contribution in [0.1, 0.15) is 37.8 Å². The van der Waals surface area contributed by atoms with Crippen LogP contribution in [-0.4, -0.2) is 16.9 Å². The van der Waals surface area contributed by atoms with Crippen LogP contribution in [0.5, 0.6) is 0 Å². The number of benzene rings is 1. The molecule has 0 bridgehead atoms. The number of nitrogens with one attached hydrogen (secondary N) is 1. The summed E-state index contributed by atoms with van der Waals surface area (Å²) in [4.78, 5) is 16.4. The van der Waals surface area contributed by atoms with Gasteiger partial charge in [-0.25, -0.2) is 0 Å². The Kier molecular flexibility index (Phi) is 4.72. The molecule has 0 spiro atoms. The third kappa shape index (κ3) is 3.77. The van der Waals surface area contributed by atoms with Crippen molar-refractivity contribution in [2.24, 2.45) is 11.7 Å². The van der Waals surface area contributed by atoms with Gasteiger partial charge in [0.25, 0.3) is 0 Å². The van der Waals surface area contributed by atoms with E-state index in [1.54, 1.807) is 6.20 Å². The van der Waals surface area contributed by atoms with Gasteiger partial charge in [0.15, 0.2) is 0 Å². The van der Waals surface area contributed by atoms with Gasteiger partial charge in [-0.3, -0.25) is 9.78 Å². The summed E-state index contributed by atoms with van der Waals surface area (Å²) < 4.78 is 0. The molecule has 120 valence electrons. The highest BCUT2D eigenvalue weighted by Crippen LogP contribution is 2.26. The maximum absolute atomic E-state index is 12.3. The van der Waals surface area contributed by atoms with Crippen LogP contribution in [0.2, 0.25) is 0 Å². The summed E-state index contributed by atoms with van der Waals surface area (Å²) in [6, 6.07) is 12.4. The minimum absolute atomic E-state index is 0.00210. The van der Waals surface area contributed by atoms with Crippen molar-refractivity contribution in [1.29, 1.82) is 0 Å². The highest BCUT2D eigenvalue weighted by atomic mass is 16.1. The van der Waals surface area contributed by atoms with Crippen LogP contribution < -0.4 is 11.1 Å².